The van der Waals surface area contributed by atoms with Crippen LogP contribution in [0.3, 0.4) is 0 Å². The average molecular weight is 555 g/mol. The summed E-state index contributed by atoms with van der Waals surface area (Å²) in [5.41, 5.74) is 0.348. The van der Waals surface area contributed by atoms with Gasteiger partial charge in [-0.25, -0.2) is 14.6 Å². The number of benzene rings is 1. The maximum Gasteiger partial charge on any atom is 0.408 e. The Morgan fingerprint density at radius 3 is 2.20 bits per heavy atom. The lowest BCUT2D eigenvalue weighted by molar-refractivity contribution is -0.125. The Balaban J connectivity index is 1.72. The second kappa shape index (κ2) is 12.0. The molecule has 0 aliphatic carbocycles. The van der Waals surface area contributed by atoms with Crippen LogP contribution in [0.4, 0.5) is 9.59 Å². The van der Waals surface area contributed by atoms with Gasteiger partial charge in [-0.3, -0.25) is 4.79 Å². The highest BCUT2D eigenvalue weighted by atomic mass is 16.6. The van der Waals surface area contributed by atoms with Gasteiger partial charge in [-0.15, -0.1) is 0 Å². The van der Waals surface area contributed by atoms with Crippen molar-refractivity contribution in [2.75, 3.05) is 13.1 Å². The molecule has 2 heterocycles. The largest absolute Gasteiger partial charge is 0.444 e. The number of hydrogen-bond acceptors (Lipinski definition) is 6. The molecule has 40 heavy (non-hydrogen) atoms. The molecule has 1 atom stereocenters. The molecule has 2 aromatic heterocycles. The summed E-state index contributed by atoms with van der Waals surface area (Å²) in [6.45, 7) is 14.7. The Kier molecular flexibility index (Phi) is 9.17. The van der Waals surface area contributed by atoms with Gasteiger partial charge in [-0.05, 0) is 67.0 Å². The summed E-state index contributed by atoms with van der Waals surface area (Å²) in [6.07, 6.45) is 2.86. The van der Waals surface area contributed by atoms with Crippen molar-refractivity contribution in [1.82, 2.24) is 30.9 Å². The van der Waals surface area contributed by atoms with Gasteiger partial charge in [0.25, 0.3) is 0 Å². The van der Waals surface area contributed by atoms with Crippen LogP contribution in [0.25, 0.3) is 10.9 Å². The lowest BCUT2D eigenvalue weighted by Gasteiger charge is -2.24. The molecule has 11 nitrogen and oxygen atoms in total. The van der Waals surface area contributed by atoms with E-state index in [0.29, 0.717) is 17.9 Å². The van der Waals surface area contributed by atoms with E-state index >= 15 is 0 Å². The average Bonchev–Trinajstić information content (AvgIpc) is 3.47. The topological polar surface area (TPSA) is 150 Å². The van der Waals surface area contributed by atoms with Gasteiger partial charge in [0, 0.05) is 48.5 Å². The number of nitrogens with zero attached hydrogens (tertiary/aromatic N) is 1. The van der Waals surface area contributed by atoms with Crippen molar-refractivity contribution < 1.29 is 23.9 Å². The van der Waals surface area contributed by atoms with Crippen molar-refractivity contribution in [2.24, 2.45) is 0 Å². The number of para-hydroxylation sites is 1. The number of carbonyl (C=O) groups excluding carboxylic acids is 3. The summed E-state index contributed by atoms with van der Waals surface area (Å²) in [5, 5.41) is 9.44. The lowest BCUT2D eigenvalue weighted by atomic mass is 9.89. The first kappa shape index (κ1) is 30.5. The number of hydrogen-bond donors (Lipinski definition) is 5. The Labute approximate surface area is 235 Å². The fourth-order valence-electron chi connectivity index (χ4n) is 4.02. The van der Waals surface area contributed by atoms with Crippen LogP contribution < -0.4 is 16.0 Å². The number of alkyl carbamates (subject to hydrolysis) is 2. The van der Waals surface area contributed by atoms with Crippen molar-refractivity contribution in [3.05, 3.63) is 53.7 Å². The minimum Gasteiger partial charge on any atom is -0.444 e. The first-order valence-corrected chi connectivity index (χ1v) is 13.4. The van der Waals surface area contributed by atoms with E-state index in [1.165, 1.54) is 0 Å². The van der Waals surface area contributed by atoms with E-state index in [4.69, 9.17) is 9.47 Å². The second-order valence-electron chi connectivity index (χ2n) is 12.3. The number of H-pyrrole nitrogens is 2. The molecular weight excluding hydrogens is 512 g/mol. The highest BCUT2D eigenvalue weighted by Gasteiger charge is 2.33. The Morgan fingerprint density at radius 1 is 0.900 bits per heavy atom. The zero-order valence-corrected chi connectivity index (χ0v) is 24.7. The van der Waals surface area contributed by atoms with E-state index in [-0.39, 0.29) is 19.0 Å². The molecule has 3 aromatic rings. The van der Waals surface area contributed by atoms with Gasteiger partial charge in [0.2, 0.25) is 5.91 Å². The fourth-order valence-corrected chi connectivity index (χ4v) is 4.02. The molecule has 0 unspecified atom stereocenters. The SMILES string of the molecule is CC(C)(C)OC(=O)NCCNC(=O)C(C)(C)c1cnc([C@H](Cc2c[nH]c3ccccc23)NC(=O)OC(C)(C)C)[nH]1. The van der Waals surface area contributed by atoms with E-state index in [1.54, 1.807) is 61.6 Å². The zero-order valence-electron chi connectivity index (χ0n) is 24.7. The molecule has 3 amide bonds. The van der Waals surface area contributed by atoms with Gasteiger partial charge in [0.05, 0.1) is 11.5 Å². The summed E-state index contributed by atoms with van der Waals surface area (Å²) in [7, 11) is 0. The number of ether oxygens (including phenoxy) is 2. The maximum atomic E-state index is 13.1. The van der Waals surface area contributed by atoms with Crippen LogP contribution in [0.2, 0.25) is 0 Å². The number of rotatable bonds is 9. The molecule has 0 radical (unpaired) electrons. The van der Waals surface area contributed by atoms with Crippen LogP contribution in [0, 0.1) is 0 Å². The molecule has 0 bridgehead atoms. The van der Waals surface area contributed by atoms with Crippen molar-refractivity contribution in [1.29, 1.82) is 0 Å². The van der Waals surface area contributed by atoms with Crippen LogP contribution in [-0.4, -0.2) is 57.3 Å². The smallest absolute Gasteiger partial charge is 0.408 e. The number of amides is 3. The predicted octanol–water partition coefficient (Wildman–Crippen LogP) is 4.62. The number of nitrogens with one attached hydrogen (secondary N) is 5. The molecule has 3 rings (SSSR count). The number of carbonyl (C=O) groups is 3. The van der Waals surface area contributed by atoms with Crippen LogP contribution in [0.1, 0.15) is 78.5 Å². The lowest BCUT2D eigenvalue weighted by Crippen LogP contribution is -2.44. The third-order valence-electron chi connectivity index (χ3n) is 6.04. The van der Waals surface area contributed by atoms with E-state index in [2.05, 4.69) is 30.9 Å². The summed E-state index contributed by atoms with van der Waals surface area (Å²) < 4.78 is 10.7. The van der Waals surface area contributed by atoms with Gasteiger partial charge >= 0.3 is 12.2 Å². The molecule has 1 aromatic carbocycles. The first-order valence-electron chi connectivity index (χ1n) is 13.4. The van der Waals surface area contributed by atoms with E-state index in [0.717, 1.165) is 16.5 Å². The Morgan fingerprint density at radius 2 is 1.52 bits per heavy atom. The predicted molar refractivity (Wildman–Crippen MR) is 153 cm³/mol. The first-order chi connectivity index (χ1) is 18.5. The van der Waals surface area contributed by atoms with E-state index in [1.807, 2.05) is 30.5 Å². The minimum absolute atomic E-state index is 0.220. The summed E-state index contributed by atoms with van der Waals surface area (Å²) in [6, 6.07) is 7.39. The highest BCUT2D eigenvalue weighted by molar-refractivity contribution is 5.87. The maximum absolute atomic E-state index is 13.1. The zero-order chi connectivity index (χ0) is 29.7. The highest BCUT2D eigenvalue weighted by Crippen LogP contribution is 2.27. The van der Waals surface area contributed by atoms with E-state index in [9.17, 15) is 14.4 Å². The molecule has 0 spiro atoms. The molecule has 0 saturated carbocycles. The minimum atomic E-state index is -0.964. The van der Waals surface area contributed by atoms with Crippen molar-refractivity contribution >= 4 is 29.0 Å². The van der Waals surface area contributed by atoms with Crippen molar-refractivity contribution in [3.8, 4) is 0 Å². The molecule has 0 saturated heterocycles. The van der Waals surface area contributed by atoms with Crippen LogP contribution >= 0.6 is 0 Å². The number of aromatic amines is 2. The quantitative estimate of drug-likeness (QED) is 0.244. The van der Waals surface area contributed by atoms with Gasteiger partial charge < -0.3 is 35.4 Å². The summed E-state index contributed by atoms with van der Waals surface area (Å²) in [5.74, 6) is 0.251. The third kappa shape index (κ3) is 8.49. The molecule has 0 aliphatic heterocycles. The molecule has 0 aliphatic rings. The number of fused-ring (bicyclic) bond motifs is 1. The summed E-state index contributed by atoms with van der Waals surface area (Å²) >= 11 is 0. The number of aromatic nitrogens is 3. The van der Waals surface area contributed by atoms with Gasteiger partial charge in [0.1, 0.15) is 17.0 Å². The third-order valence-corrected chi connectivity index (χ3v) is 6.04. The molecular formula is C29H42N6O5. The molecule has 11 heteroatoms. The molecule has 0 fully saturated rings. The summed E-state index contributed by atoms with van der Waals surface area (Å²) in [4.78, 5) is 48.7. The Hall–Kier alpha value is -4.02. The second-order valence-corrected chi connectivity index (χ2v) is 12.3. The fraction of sp³-hybridized carbons (Fsp3) is 0.517. The monoisotopic (exact) mass is 554 g/mol. The molecule has 5 N–H and O–H groups in total. The van der Waals surface area contributed by atoms with Crippen molar-refractivity contribution in [3.63, 3.8) is 0 Å². The molecule has 218 valence electrons. The van der Waals surface area contributed by atoms with Crippen LogP contribution in [0.5, 0.6) is 0 Å². The number of imidazole rings is 1. The van der Waals surface area contributed by atoms with Crippen LogP contribution in [-0.2, 0) is 26.1 Å². The van der Waals surface area contributed by atoms with Crippen LogP contribution in [0.15, 0.2) is 36.7 Å². The van der Waals surface area contributed by atoms with Gasteiger partial charge in [-0.2, -0.15) is 0 Å². The Bertz CT molecular complexity index is 1330. The van der Waals surface area contributed by atoms with E-state index < -0.39 is 34.8 Å². The standard InChI is InChI=1S/C29H42N6O5/c1-27(2,3)39-25(37)31-14-13-30-24(36)29(7,8)22-17-33-23(35-22)21(34-26(38)40-28(4,5)6)15-18-16-32-20-12-10-9-11-19(18)20/h9-12,16-17,21,32H,13-15H2,1-8H3,(H,30,36)(H,31,37)(H,33,35)(H,34,38)/t21-/m0/s1. The van der Waals surface area contributed by atoms with Crippen molar-refractivity contribution in [2.45, 2.75) is 84.5 Å². The van der Waals surface area contributed by atoms with Gasteiger partial charge in [0.15, 0.2) is 0 Å². The normalized spacial score (nSPS) is 13.0. The van der Waals surface area contributed by atoms with Gasteiger partial charge in [-0.1, -0.05) is 18.2 Å².